The molecule has 3 amide bonds. The summed E-state index contributed by atoms with van der Waals surface area (Å²) >= 11 is 0. The van der Waals surface area contributed by atoms with Crippen molar-refractivity contribution in [3.05, 3.63) is 11.6 Å². The first-order valence-electron chi connectivity index (χ1n) is 7.88. The van der Waals surface area contributed by atoms with Crippen LogP contribution in [0.4, 0.5) is 4.79 Å². The number of allylic oxidation sites excluding steroid dienone is 1. The molecule has 0 radical (unpaired) electrons. The molecule has 1 atom stereocenters. The smallest absolute Gasteiger partial charge is 0.315 e. The molecule has 0 saturated carbocycles. The first-order chi connectivity index (χ1) is 9.88. The third kappa shape index (κ3) is 4.48. The molecule has 21 heavy (non-hydrogen) atoms. The van der Waals surface area contributed by atoms with E-state index >= 15 is 0 Å². The molecule has 0 aromatic heterocycles. The number of rotatable bonds is 2. The Bertz CT molecular complexity index is 439. The minimum absolute atomic E-state index is 0.0771. The molecule has 0 spiro atoms. The van der Waals surface area contributed by atoms with Gasteiger partial charge in [-0.1, -0.05) is 11.6 Å². The summed E-state index contributed by atoms with van der Waals surface area (Å²) in [4.78, 5) is 25.3. The van der Waals surface area contributed by atoms with Crippen LogP contribution in [0.15, 0.2) is 11.6 Å². The highest BCUT2D eigenvalue weighted by molar-refractivity contribution is 5.75. The SMILES string of the molecule is CC(=O)N1CCC(NC(=O)NC2(C)CC=C(C)CC2)CC1. The number of nitrogens with zero attached hydrogens (tertiary/aromatic N) is 1. The number of likely N-dealkylation sites (tertiary alicyclic amines) is 1. The van der Waals surface area contributed by atoms with Crippen LogP contribution in [-0.4, -0.2) is 41.5 Å². The second kappa shape index (κ2) is 6.50. The minimum Gasteiger partial charge on any atom is -0.343 e. The van der Waals surface area contributed by atoms with Gasteiger partial charge >= 0.3 is 6.03 Å². The van der Waals surface area contributed by atoms with Gasteiger partial charge in [-0.2, -0.15) is 0 Å². The lowest BCUT2D eigenvalue weighted by molar-refractivity contribution is -0.129. The predicted molar refractivity (Wildman–Crippen MR) is 83.0 cm³/mol. The number of amides is 3. The van der Waals surface area contributed by atoms with Crippen LogP contribution >= 0.6 is 0 Å². The monoisotopic (exact) mass is 293 g/mol. The van der Waals surface area contributed by atoms with E-state index in [0.29, 0.717) is 0 Å². The molecule has 1 fully saturated rings. The normalized spacial score (nSPS) is 27.0. The molecular weight excluding hydrogens is 266 g/mol. The topological polar surface area (TPSA) is 61.4 Å². The second-order valence-corrected chi connectivity index (χ2v) is 6.69. The van der Waals surface area contributed by atoms with Crippen LogP contribution in [0.5, 0.6) is 0 Å². The Balaban J connectivity index is 1.77. The maximum absolute atomic E-state index is 12.2. The first-order valence-corrected chi connectivity index (χ1v) is 7.88. The molecule has 0 aromatic carbocycles. The molecule has 1 heterocycles. The molecule has 1 aliphatic heterocycles. The highest BCUT2D eigenvalue weighted by Crippen LogP contribution is 2.26. The lowest BCUT2D eigenvalue weighted by Crippen LogP contribution is -2.54. The summed E-state index contributed by atoms with van der Waals surface area (Å²) in [7, 11) is 0. The molecule has 1 saturated heterocycles. The van der Waals surface area contributed by atoms with Gasteiger partial charge in [0.15, 0.2) is 0 Å². The summed E-state index contributed by atoms with van der Waals surface area (Å²) in [5, 5.41) is 6.18. The first kappa shape index (κ1) is 15.9. The number of nitrogens with one attached hydrogen (secondary N) is 2. The van der Waals surface area contributed by atoms with Crippen molar-refractivity contribution in [3.8, 4) is 0 Å². The Morgan fingerprint density at radius 1 is 1.33 bits per heavy atom. The fourth-order valence-electron chi connectivity index (χ4n) is 3.02. The predicted octanol–water partition coefficient (Wildman–Crippen LogP) is 2.19. The van der Waals surface area contributed by atoms with Crippen molar-refractivity contribution in [2.24, 2.45) is 0 Å². The number of hydrogen-bond acceptors (Lipinski definition) is 2. The van der Waals surface area contributed by atoms with Gasteiger partial charge in [0.2, 0.25) is 5.91 Å². The van der Waals surface area contributed by atoms with Crippen LogP contribution < -0.4 is 10.6 Å². The zero-order chi connectivity index (χ0) is 15.5. The van der Waals surface area contributed by atoms with Crippen LogP contribution in [0, 0.1) is 0 Å². The van der Waals surface area contributed by atoms with Crippen molar-refractivity contribution in [1.82, 2.24) is 15.5 Å². The molecule has 2 aliphatic rings. The fourth-order valence-corrected chi connectivity index (χ4v) is 3.02. The number of carbonyl (C=O) groups excluding carboxylic acids is 2. The van der Waals surface area contributed by atoms with Crippen molar-refractivity contribution >= 4 is 11.9 Å². The fraction of sp³-hybridized carbons (Fsp3) is 0.750. The molecule has 5 heteroatoms. The maximum atomic E-state index is 12.2. The highest BCUT2D eigenvalue weighted by atomic mass is 16.2. The Morgan fingerprint density at radius 3 is 2.52 bits per heavy atom. The van der Waals surface area contributed by atoms with Crippen LogP contribution in [0.3, 0.4) is 0 Å². The van der Waals surface area contributed by atoms with E-state index in [0.717, 1.165) is 45.2 Å². The van der Waals surface area contributed by atoms with Crippen LogP contribution in [0.25, 0.3) is 0 Å². The Hall–Kier alpha value is -1.52. The summed E-state index contributed by atoms with van der Waals surface area (Å²) in [5.74, 6) is 0.120. The van der Waals surface area contributed by atoms with Gasteiger partial charge in [0, 0.05) is 31.6 Å². The largest absolute Gasteiger partial charge is 0.343 e. The lowest BCUT2D eigenvalue weighted by Gasteiger charge is -2.35. The number of hydrogen-bond donors (Lipinski definition) is 2. The third-order valence-corrected chi connectivity index (χ3v) is 4.66. The van der Waals surface area contributed by atoms with Gasteiger partial charge in [-0.25, -0.2) is 4.79 Å². The van der Waals surface area contributed by atoms with E-state index in [9.17, 15) is 9.59 Å². The zero-order valence-electron chi connectivity index (χ0n) is 13.4. The van der Waals surface area contributed by atoms with E-state index in [4.69, 9.17) is 0 Å². The number of carbonyl (C=O) groups is 2. The van der Waals surface area contributed by atoms with Crippen LogP contribution in [-0.2, 0) is 4.79 Å². The molecule has 0 aromatic rings. The summed E-state index contributed by atoms with van der Waals surface area (Å²) in [6.45, 7) is 7.31. The minimum atomic E-state index is -0.135. The summed E-state index contributed by atoms with van der Waals surface area (Å²) < 4.78 is 0. The molecule has 0 bridgehead atoms. The van der Waals surface area contributed by atoms with Gasteiger partial charge < -0.3 is 15.5 Å². The van der Waals surface area contributed by atoms with Gasteiger partial charge in [0.25, 0.3) is 0 Å². The second-order valence-electron chi connectivity index (χ2n) is 6.69. The summed E-state index contributed by atoms with van der Waals surface area (Å²) in [6.07, 6.45) is 6.83. The average Bonchev–Trinajstić information content (AvgIpc) is 2.43. The maximum Gasteiger partial charge on any atom is 0.315 e. The van der Waals surface area contributed by atoms with Gasteiger partial charge in [0.05, 0.1) is 0 Å². The van der Waals surface area contributed by atoms with Gasteiger partial charge in [0.1, 0.15) is 0 Å². The van der Waals surface area contributed by atoms with Crippen molar-refractivity contribution in [2.75, 3.05) is 13.1 Å². The quantitative estimate of drug-likeness (QED) is 0.767. The Morgan fingerprint density at radius 2 is 2.00 bits per heavy atom. The van der Waals surface area contributed by atoms with E-state index in [1.807, 2.05) is 4.90 Å². The van der Waals surface area contributed by atoms with E-state index in [1.165, 1.54) is 5.57 Å². The number of urea groups is 1. The van der Waals surface area contributed by atoms with Crippen LogP contribution in [0.2, 0.25) is 0 Å². The third-order valence-electron chi connectivity index (χ3n) is 4.66. The lowest BCUT2D eigenvalue weighted by atomic mass is 9.84. The van der Waals surface area contributed by atoms with Crippen molar-refractivity contribution in [1.29, 1.82) is 0 Å². The van der Waals surface area contributed by atoms with Crippen molar-refractivity contribution < 1.29 is 9.59 Å². The average molecular weight is 293 g/mol. The molecule has 5 nitrogen and oxygen atoms in total. The molecule has 118 valence electrons. The standard InChI is InChI=1S/C16H27N3O2/c1-12-4-8-16(3,9-5-12)18-15(21)17-14-6-10-19(11-7-14)13(2)20/h4,14H,5-11H2,1-3H3,(H2,17,18,21). The van der Waals surface area contributed by atoms with E-state index < -0.39 is 0 Å². The molecular formula is C16H27N3O2. The molecule has 2 rings (SSSR count). The van der Waals surface area contributed by atoms with E-state index in [2.05, 4.69) is 30.6 Å². The van der Waals surface area contributed by atoms with Crippen LogP contribution in [0.1, 0.15) is 52.9 Å². The van der Waals surface area contributed by atoms with Crippen molar-refractivity contribution in [2.45, 2.75) is 64.5 Å². The highest BCUT2D eigenvalue weighted by Gasteiger charge is 2.29. The molecule has 1 aliphatic carbocycles. The zero-order valence-corrected chi connectivity index (χ0v) is 13.4. The molecule has 2 N–H and O–H groups in total. The van der Waals surface area contributed by atoms with E-state index in [1.54, 1.807) is 6.92 Å². The van der Waals surface area contributed by atoms with Gasteiger partial charge in [-0.3, -0.25) is 4.79 Å². The Labute approximate surface area is 127 Å². The van der Waals surface area contributed by atoms with Gasteiger partial charge in [-0.15, -0.1) is 0 Å². The summed E-state index contributed by atoms with van der Waals surface area (Å²) in [6, 6.07) is 0.0943. The van der Waals surface area contributed by atoms with Gasteiger partial charge in [-0.05, 0) is 46.0 Å². The van der Waals surface area contributed by atoms with E-state index in [-0.39, 0.29) is 23.5 Å². The Kier molecular flexibility index (Phi) is 4.91. The number of piperidine rings is 1. The molecule has 1 unspecified atom stereocenters. The summed E-state index contributed by atoms with van der Waals surface area (Å²) in [5.41, 5.74) is 1.27. The van der Waals surface area contributed by atoms with Crippen molar-refractivity contribution in [3.63, 3.8) is 0 Å².